The zero-order valence-corrected chi connectivity index (χ0v) is 11.2. The maximum absolute atomic E-state index is 11.7. The van der Waals surface area contributed by atoms with E-state index in [1.54, 1.807) is 37.6 Å². The van der Waals surface area contributed by atoms with E-state index in [0.29, 0.717) is 17.9 Å². The minimum atomic E-state index is -0.415. The number of nitrogens with zero attached hydrogens (tertiary/aromatic N) is 2. The van der Waals surface area contributed by atoms with E-state index in [1.165, 1.54) is 11.8 Å². The molecule has 98 valence electrons. The van der Waals surface area contributed by atoms with Gasteiger partial charge < -0.3 is 10.5 Å². The summed E-state index contributed by atoms with van der Waals surface area (Å²) in [6.07, 6.45) is 4.84. The number of carbonyl (C=O) groups is 1. The number of nitrogen functional groups attached to an aromatic ring is 1. The normalized spacial score (nSPS) is 10.2. The molecule has 0 bridgehead atoms. The number of hydrogen-bond acceptors (Lipinski definition) is 6. The fourth-order valence-electron chi connectivity index (χ4n) is 1.47. The SMILES string of the molecule is CCOC(=O)c1cccc(Sc2cnccn2)c1N. The van der Waals surface area contributed by atoms with Crippen molar-refractivity contribution < 1.29 is 9.53 Å². The smallest absolute Gasteiger partial charge is 0.340 e. The Morgan fingerprint density at radius 2 is 2.26 bits per heavy atom. The average molecular weight is 275 g/mol. The van der Waals surface area contributed by atoms with Crippen LogP contribution in [0.3, 0.4) is 0 Å². The van der Waals surface area contributed by atoms with E-state index in [-0.39, 0.29) is 0 Å². The van der Waals surface area contributed by atoms with Crippen LogP contribution in [0, 0.1) is 0 Å². The highest BCUT2D eigenvalue weighted by atomic mass is 32.2. The molecule has 0 aliphatic rings. The number of anilines is 1. The number of benzene rings is 1. The summed E-state index contributed by atoms with van der Waals surface area (Å²) >= 11 is 1.36. The minimum absolute atomic E-state index is 0.319. The molecule has 6 heteroatoms. The fraction of sp³-hybridized carbons (Fsp3) is 0.154. The van der Waals surface area contributed by atoms with Gasteiger partial charge in [0.05, 0.1) is 24.1 Å². The van der Waals surface area contributed by atoms with Gasteiger partial charge in [-0.2, -0.15) is 0 Å². The summed E-state index contributed by atoms with van der Waals surface area (Å²) in [5, 5.41) is 0.718. The summed E-state index contributed by atoms with van der Waals surface area (Å²) in [7, 11) is 0. The van der Waals surface area contributed by atoms with E-state index in [0.717, 1.165) is 9.92 Å². The highest BCUT2D eigenvalue weighted by Gasteiger charge is 2.14. The summed E-state index contributed by atoms with van der Waals surface area (Å²) in [5.74, 6) is -0.415. The van der Waals surface area contributed by atoms with Crippen molar-refractivity contribution in [3.63, 3.8) is 0 Å². The van der Waals surface area contributed by atoms with Gasteiger partial charge in [0.2, 0.25) is 0 Å². The molecule has 0 amide bonds. The van der Waals surface area contributed by atoms with Crippen molar-refractivity contribution in [3.8, 4) is 0 Å². The lowest BCUT2D eigenvalue weighted by Crippen LogP contribution is -2.08. The van der Waals surface area contributed by atoms with Gasteiger partial charge in [-0.3, -0.25) is 4.98 Å². The Morgan fingerprint density at radius 1 is 1.42 bits per heavy atom. The van der Waals surface area contributed by atoms with Crippen molar-refractivity contribution in [1.82, 2.24) is 9.97 Å². The number of carbonyl (C=O) groups excluding carboxylic acids is 1. The largest absolute Gasteiger partial charge is 0.462 e. The second-order valence-electron chi connectivity index (χ2n) is 3.58. The predicted octanol–water partition coefficient (Wildman–Crippen LogP) is 2.39. The predicted molar refractivity (Wildman–Crippen MR) is 73.0 cm³/mol. The first-order valence-corrected chi connectivity index (χ1v) is 6.53. The van der Waals surface area contributed by atoms with Gasteiger partial charge >= 0.3 is 5.97 Å². The van der Waals surface area contributed by atoms with Gasteiger partial charge in [0, 0.05) is 17.3 Å². The maximum atomic E-state index is 11.7. The number of ether oxygens (including phenoxy) is 1. The van der Waals surface area contributed by atoms with Gasteiger partial charge in [-0.25, -0.2) is 9.78 Å². The topological polar surface area (TPSA) is 78.1 Å². The zero-order chi connectivity index (χ0) is 13.7. The highest BCUT2D eigenvalue weighted by molar-refractivity contribution is 7.99. The van der Waals surface area contributed by atoms with Crippen LogP contribution >= 0.6 is 11.8 Å². The summed E-state index contributed by atoms with van der Waals surface area (Å²) in [6.45, 7) is 2.08. The van der Waals surface area contributed by atoms with Crippen LogP contribution < -0.4 is 5.73 Å². The Morgan fingerprint density at radius 3 is 2.95 bits per heavy atom. The fourth-order valence-corrected chi connectivity index (χ4v) is 2.29. The Hall–Kier alpha value is -2.08. The van der Waals surface area contributed by atoms with Crippen LogP contribution in [-0.2, 0) is 4.74 Å². The molecule has 2 N–H and O–H groups in total. The van der Waals surface area contributed by atoms with Crippen molar-refractivity contribution in [1.29, 1.82) is 0 Å². The number of nitrogens with two attached hydrogens (primary N) is 1. The third-order valence-corrected chi connectivity index (χ3v) is 3.31. The van der Waals surface area contributed by atoms with Crippen LogP contribution in [0.5, 0.6) is 0 Å². The van der Waals surface area contributed by atoms with Crippen molar-refractivity contribution in [2.24, 2.45) is 0 Å². The van der Waals surface area contributed by atoms with Gasteiger partial charge in [-0.1, -0.05) is 17.8 Å². The lowest BCUT2D eigenvalue weighted by molar-refractivity contribution is 0.0527. The lowest BCUT2D eigenvalue weighted by Gasteiger charge is -2.09. The number of rotatable bonds is 4. The van der Waals surface area contributed by atoms with Crippen LogP contribution in [0.1, 0.15) is 17.3 Å². The second kappa shape index (κ2) is 6.19. The van der Waals surface area contributed by atoms with Crippen LogP contribution in [0.4, 0.5) is 5.69 Å². The van der Waals surface area contributed by atoms with E-state index >= 15 is 0 Å². The average Bonchev–Trinajstić information content (AvgIpc) is 2.42. The molecule has 0 saturated carbocycles. The molecule has 0 spiro atoms. The van der Waals surface area contributed by atoms with E-state index in [4.69, 9.17) is 10.5 Å². The quantitative estimate of drug-likeness (QED) is 0.682. The lowest BCUT2D eigenvalue weighted by atomic mass is 10.2. The molecule has 1 aromatic heterocycles. The summed E-state index contributed by atoms with van der Waals surface area (Å²) in [4.78, 5) is 20.6. The molecule has 2 rings (SSSR count). The first-order chi connectivity index (χ1) is 9.22. The molecule has 0 radical (unpaired) electrons. The summed E-state index contributed by atoms with van der Waals surface area (Å²) in [5.41, 5.74) is 6.76. The Labute approximate surface area is 115 Å². The maximum Gasteiger partial charge on any atom is 0.340 e. The van der Waals surface area contributed by atoms with Crippen molar-refractivity contribution >= 4 is 23.4 Å². The summed E-state index contributed by atoms with van der Waals surface area (Å²) in [6, 6.07) is 5.24. The molecule has 1 heterocycles. The Bertz CT molecular complexity index is 575. The monoisotopic (exact) mass is 275 g/mol. The van der Waals surface area contributed by atoms with E-state index in [9.17, 15) is 4.79 Å². The van der Waals surface area contributed by atoms with Crippen LogP contribution in [0.15, 0.2) is 46.7 Å². The van der Waals surface area contributed by atoms with Crippen LogP contribution in [0.25, 0.3) is 0 Å². The minimum Gasteiger partial charge on any atom is -0.462 e. The Balaban J connectivity index is 2.27. The third kappa shape index (κ3) is 3.23. The van der Waals surface area contributed by atoms with Crippen molar-refractivity contribution in [2.45, 2.75) is 16.8 Å². The molecule has 5 nitrogen and oxygen atoms in total. The standard InChI is InChI=1S/C13H13N3O2S/c1-2-18-13(17)9-4-3-5-10(12(9)14)19-11-8-15-6-7-16-11/h3-8H,2,14H2,1H3. The van der Waals surface area contributed by atoms with E-state index in [1.807, 2.05) is 6.07 Å². The molecular weight excluding hydrogens is 262 g/mol. The molecule has 2 aromatic rings. The first-order valence-electron chi connectivity index (χ1n) is 5.72. The Kier molecular flexibility index (Phi) is 4.35. The first kappa shape index (κ1) is 13.4. The van der Waals surface area contributed by atoms with Gasteiger partial charge in [-0.15, -0.1) is 0 Å². The van der Waals surface area contributed by atoms with Gasteiger partial charge in [0.15, 0.2) is 0 Å². The van der Waals surface area contributed by atoms with Crippen LogP contribution in [-0.4, -0.2) is 22.5 Å². The summed E-state index contributed by atoms with van der Waals surface area (Å²) < 4.78 is 4.96. The third-order valence-electron chi connectivity index (χ3n) is 2.32. The van der Waals surface area contributed by atoms with E-state index < -0.39 is 5.97 Å². The molecule has 0 aliphatic heterocycles. The van der Waals surface area contributed by atoms with Crippen molar-refractivity contribution in [3.05, 3.63) is 42.4 Å². The molecule has 0 fully saturated rings. The second-order valence-corrected chi connectivity index (χ2v) is 4.65. The molecule has 1 aromatic carbocycles. The molecule has 19 heavy (non-hydrogen) atoms. The van der Waals surface area contributed by atoms with Gasteiger partial charge in [0.25, 0.3) is 0 Å². The number of hydrogen-bond donors (Lipinski definition) is 1. The molecule has 0 aliphatic carbocycles. The zero-order valence-electron chi connectivity index (χ0n) is 10.4. The van der Waals surface area contributed by atoms with Crippen LogP contribution in [0.2, 0.25) is 0 Å². The highest BCUT2D eigenvalue weighted by Crippen LogP contribution is 2.32. The van der Waals surface area contributed by atoms with E-state index in [2.05, 4.69) is 9.97 Å². The van der Waals surface area contributed by atoms with Gasteiger partial charge in [-0.05, 0) is 19.1 Å². The number of para-hydroxylation sites is 1. The molecule has 0 atom stereocenters. The molecule has 0 saturated heterocycles. The number of aromatic nitrogens is 2. The van der Waals surface area contributed by atoms with Gasteiger partial charge in [0.1, 0.15) is 5.03 Å². The molecular formula is C13H13N3O2S. The van der Waals surface area contributed by atoms with Crippen molar-refractivity contribution in [2.75, 3.05) is 12.3 Å². The molecule has 0 unspecified atom stereocenters. The number of esters is 1.